The zero-order valence-electron chi connectivity index (χ0n) is 16.3. The Hall–Kier alpha value is -3.38. The minimum absolute atomic E-state index is 0.0885. The molecule has 4 rings (SSSR count). The second kappa shape index (κ2) is 9.18. The summed E-state index contributed by atoms with van der Waals surface area (Å²) in [6, 6.07) is 8.03. The van der Waals surface area contributed by atoms with Gasteiger partial charge in [0.2, 0.25) is 6.86 Å². The number of hydrogen-bond donors (Lipinski definition) is 1. The molecule has 2 aromatic carbocycles. The number of thiazole rings is 1. The van der Waals surface area contributed by atoms with Crippen LogP contribution < -0.4 is 23.7 Å². The summed E-state index contributed by atoms with van der Waals surface area (Å²) in [5.41, 5.74) is 0.240. The molecule has 162 valence electrons. The van der Waals surface area contributed by atoms with Crippen LogP contribution in [0.3, 0.4) is 0 Å². The molecule has 0 aliphatic carbocycles. The summed E-state index contributed by atoms with van der Waals surface area (Å²) in [4.78, 5) is 4.32. The summed E-state index contributed by atoms with van der Waals surface area (Å²) in [5.74, 6) is 1.22. The Balaban J connectivity index is 1.71. The highest BCUT2D eigenvalue weighted by Gasteiger charge is 2.22. The smallest absolute Gasteiger partial charge is 0.278 e. The second-order valence-electron chi connectivity index (χ2n) is 5.84. The van der Waals surface area contributed by atoms with E-state index in [0.717, 1.165) is 0 Å². The molecule has 1 N–H and O–H groups in total. The summed E-state index contributed by atoms with van der Waals surface area (Å²) in [6.45, 7) is -1.09. The van der Waals surface area contributed by atoms with Crippen molar-refractivity contribution in [2.75, 3.05) is 25.8 Å². The monoisotopic (exact) mass is 465 g/mol. The van der Waals surface area contributed by atoms with Crippen molar-refractivity contribution < 1.29 is 32.1 Å². The van der Waals surface area contributed by atoms with Crippen LogP contribution in [0.25, 0.3) is 11.0 Å². The molecule has 0 fully saturated rings. The average Bonchev–Trinajstić information content (AvgIpc) is 3.43. The first kappa shape index (κ1) is 20.9. The van der Waals surface area contributed by atoms with Gasteiger partial charge < -0.3 is 23.5 Å². The number of rotatable bonds is 9. The Labute approximate surface area is 182 Å². The lowest BCUT2D eigenvalue weighted by atomic mass is 10.2. The van der Waals surface area contributed by atoms with E-state index < -0.39 is 17.8 Å². The average molecular weight is 465 g/mol. The highest BCUT2D eigenvalue weighted by molar-refractivity contribution is 7.86. The van der Waals surface area contributed by atoms with Gasteiger partial charge in [-0.2, -0.15) is 0 Å². The van der Waals surface area contributed by atoms with E-state index in [-0.39, 0.29) is 22.0 Å². The summed E-state index contributed by atoms with van der Waals surface area (Å²) in [5, 5.41) is 6.37. The minimum atomic E-state index is -1.85. The van der Waals surface area contributed by atoms with Gasteiger partial charge in [0.25, 0.3) is 5.19 Å². The van der Waals surface area contributed by atoms with Crippen molar-refractivity contribution in [3.8, 4) is 28.2 Å². The summed E-state index contributed by atoms with van der Waals surface area (Å²) in [7, 11) is 1.07. The van der Waals surface area contributed by atoms with Crippen LogP contribution in [0.15, 0.2) is 51.3 Å². The largest absolute Gasteiger partial charge is 0.495 e. The van der Waals surface area contributed by atoms with Crippen molar-refractivity contribution in [1.82, 2.24) is 10.1 Å². The number of aromatic nitrogens is 2. The summed E-state index contributed by atoms with van der Waals surface area (Å²) >= 11 is 1.29. The van der Waals surface area contributed by atoms with Crippen LogP contribution in [0.4, 0.5) is 10.2 Å². The molecule has 1 atom stereocenters. The van der Waals surface area contributed by atoms with Crippen LogP contribution in [0, 0.1) is 0 Å². The van der Waals surface area contributed by atoms with Crippen LogP contribution in [-0.2, 0) is 11.0 Å². The fourth-order valence-corrected chi connectivity index (χ4v) is 4.40. The van der Waals surface area contributed by atoms with E-state index in [1.54, 1.807) is 35.8 Å². The van der Waals surface area contributed by atoms with E-state index >= 15 is 0 Å². The first-order valence-electron chi connectivity index (χ1n) is 8.73. The lowest BCUT2D eigenvalue weighted by Crippen LogP contribution is -2.09. The van der Waals surface area contributed by atoms with Crippen LogP contribution in [0.1, 0.15) is 0 Å². The molecule has 0 aliphatic rings. The standard InChI is InChI=1S/C19H16FN3O6S2/c1-25-12-4-3-5-13(26-2)17(12)31(24)23-18-16-14(27-10-20)8-11(9-15(16)29-22-18)28-19-21-6-7-30-19/h3-9H,10H2,1-2H3,(H,22,23). The molecule has 0 amide bonds. The van der Waals surface area contributed by atoms with E-state index in [2.05, 4.69) is 14.9 Å². The molecule has 2 heterocycles. The van der Waals surface area contributed by atoms with Crippen molar-refractivity contribution in [3.63, 3.8) is 0 Å². The zero-order chi connectivity index (χ0) is 21.8. The SMILES string of the molecule is COc1cccc(OC)c1S(=O)Nc1noc2cc(Oc3nccs3)cc(OCF)c12. The summed E-state index contributed by atoms with van der Waals surface area (Å²) < 4.78 is 55.5. The summed E-state index contributed by atoms with van der Waals surface area (Å²) in [6.07, 6.45) is 1.59. The number of ether oxygens (including phenoxy) is 4. The van der Waals surface area contributed by atoms with Gasteiger partial charge in [-0.15, -0.1) is 0 Å². The van der Waals surface area contributed by atoms with Gasteiger partial charge in [-0.1, -0.05) is 22.6 Å². The predicted molar refractivity (Wildman–Crippen MR) is 112 cm³/mol. The van der Waals surface area contributed by atoms with Crippen molar-refractivity contribution in [2.24, 2.45) is 0 Å². The van der Waals surface area contributed by atoms with Crippen LogP contribution in [0.5, 0.6) is 28.2 Å². The van der Waals surface area contributed by atoms with Gasteiger partial charge in [-0.05, 0) is 12.1 Å². The molecule has 1 unspecified atom stereocenters. The van der Waals surface area contributed by atoms with Gasteiger partial charge in [0.05, 0.1) is 14.2 Å². The van der Waals surface area contributed by atoms with Gasteiger partial charge in [0.1, 0.15) is 33.3 Å². The fourth-order valence-electron chi connectivity index (χ4n) is 2.81. The molecule has 2 aromatic heterocycles. The molecule has 31 heavy (non-hydrogen) atoms. The molecule has 4 aromatic rings. The minimum Gasteiger partial charge on any atom is -0.495 e. The molecular weight excluding hydrogens is 449 g/mol. The number of methoxy groups -OCH3 is 2. The van der Waals surface area contributed by atoms with E-state index in [1.165, 1.54) is 31.6 Å². The highest BCUT2D eigenvalue weighted by atomic mass is 32.2. The molecular formula is C19H16FN3O6S2. The molecule has 0 spiro atoms. The van der Waals surface area contributed by atoms with E-state index in [4.69, 9.17) is 23.5 Å². The van der Waals surface area contributed by atoms with Gasteiger partial charge in [-0.25, -0.2) is 13.6 Å². The number of nitrogens with zero attached hydrogens (tertiary/aromatic N) is 2. The van der Waals surface area contributed by atoms with E-state index in [1.807, 2.05) is 0 Å². The maximum atomic E-state index is 13.1. The van der Waals surface area contributed by atoms with Gasteiger partial charge in [-0.3, -0.25) is 4.72 Å². The number of fused-ring (bicyclic) bond motifs is 1. The van der Waals surface area contributed by atoms with Crippen molar-refractivity contribution in [2.45, 2.75) is 4.90 Å². The molecule has 0 aliphatic heterocycles. The van der Waals surface area contributed by atoms with Gasteiger partial charge in [0.15, 0.2) is 22.4 Å². The van der Waals surface area contributed by atoms with Gasteiger partial charge >= 0.3 is 0 Å². The second-order valence-corrected chi connectivity index (χ2v) is 7.85. The van der Waals surface area contributed by atoms with Crippen molar-refractivity contribution >= 4 is 39.1 Å². The molecule has 0 saturated carbocycles. The predicted octanol–water partition coefficient (Wildman–Crippen LogP) is 4.53. The Morgan fingerprint density at radius 2 is 1.97 bits per heavy atom. The number of hydrogen-bond acceptors (Lipinski definition) is 9. The molecule has 12 heteroatoms. The Morgan fingerprint density at radius 1 is 1.19 bits per heavy atom. The maximum Gasteiger partial charge on any atom is 0.278 e. The molecule has 0 saturated heterocycles. The quantitative estimate of drug-likeness (QED) is 0.384. The topological polar surface area (TPSA) is 105 Å². The fraction of sp³-hybridized carbons (Fsp3) is 0.158. The van der Waals surface area contributed by atoms with Crippen molar-refractivity contribution in [1.29, 1.82) is 0 Å². The highest BCUT2D eigenvalue weighted by Crippen LogP contribution is 2.39. The third kappa shape index (κ3) is 4.25. The zero-order valence-corrected chi connectivity index (χ0v) is 17.9. The Kier molecular flexibility index (Phi) is 6.18. The molecule has 0 bridgehead atoms. The number of anilines is 1. The van der Waals surface area contributed by atoms with Gasteiger partial charge in [0, 0.05) is 23.7 Å². The van der Waals surface area contributed by atoms with E-state index in [9.17, 15) is 8.60 Å². The van der Waals surface area contributed by atoms with Crippen molar-refractivity contribution in [3.05, 3.63) is 41.9 Å². The number of benzene rings is 2. The third-order valence-corrected chi connectivity index (χ3v) is 5.89. The lowest BCUT2D eigenvalue weighted by Gasteiger charge is -2.13. The number of alkyl halides is 1. The normalized spacial score (nSPS) is 11.8. The first-order valence-corrected chi connectivity index (χ1v) is 10.8. The Bertz CT molecular complexity index is 1190. The molecule has 9 nitrogen and oxygen atoms in total. The molecule has 0 radical (unpaired) electrons. The lowest BCUT2D eigenvalue weighted by molar-refractivity contribution is 0.193. The Morgan fingerprint density at radius 3 is 2.61 bits per heavy atom. The van der Waals surface area contributed by atoms with Crippen LogP contribution >= 0.6 is 11.3 Å². The van der Waals surface area contributed by atoms with E-state index in [0.29, 0.717) is 27.8 Å². The number of halogens is 1. The maximum absolute atomic E-state index is 13.1. The van der Waals surface area contributed by atoms with Crippen LogP contribution in [0.2, 0.25) is 0 Å². The van der Waals surface area contributed by atoms with Crippen LogP contribution in [-0.4, -0.2) is 35.4 Å². The first-order chi connectivity index (χ1) is 15.1. The third-order valence-electron chi connectivity index (χ3n) is 4.09. The number of nitrogens with one attached hydrogen (secondary N) is 1.